The van der Waals surface area contributed by atoms with E-state index in [1.807, 2.05) is 26.0 Å². The summed E-state index contributed by atoms with van der Waals surface area (Å²) in [6, 6.07) is 12.8. The van der Waals surface area contributed by atoms with Crippen LogP contribution in [0.1, 0.15) is 26.2 Å². The second kappa shape index (κ2) is 9.52. The highest BCUT2D eigenvalue weighted by Crippen LogP contribution is 2.26. The van der Waals surface area contributed by atoms with Crippen molar-refractivity contribution in [3.63, 3.8) is 0 Å². The van der Waals surface area contributed by atoms with E-state index < -0.39 is 0 Å². The van der Waals surface area contributed by atoms with Crippen molar-refractivity contribution in [2.45, 2.75) is 32.9 Å². The van der Waals surface area contributed by atoms with E-state index in [1.54, 1.807) is 17.0 Å². The van der Waals surface area contributed by atoms with E-state index in [4.69, 9.17) is 20.8 Å². The molecule has 3 aromatic rings. The van der Waals surface area contributed by atoms with Crippen LogP contribution < -0.4 is 4.74 Å². The maximum atomic E-state index is 12.9. The summed E-state index contributed by atoms with van der Waals surface area (Å²) in [6.45, 7) is 4.18. The monoisotopic (exact) mass is 417 g/mol. The summed E-state index contributed by atoms with van der Waals surface area (Å²) in [5.74, 6) is 0.689. The molecule has 0 bridgehead atoms. The van der Waals surface area contributed by atoms with Gasteiger partial charge in [-0.05, 0) is 50.2 Å². The van der Waals surface area contributed by atoms with Gasteiger partial charge in [0.25, 0.3) is 0 Å². The second-order valence-corrected chi connectivity index (χ2v) is 7.06. The van der Waals surface area contributed by atoms with Crippen molar-refractivity contribution in [3.8, 4) is 17.2 Å². The SMILES string of the molecule is CC(C)N(Cc1nnc(-c2ccccc2Cl)o1)C(=O)CCOc1ccc(F)cc1. The molecule has 8 heteroatoms. The molecule has 0 radical (unpaired) electrons. The fourth-order valence-corrected chi connectivity index (χ4v) is 2.91. The minimum Gasteiger partial charge on any atom is -0.493 e. The summed E-state index contributed by atoms with van der Waals surface area (Å²) in [7, 11) is 0. The van der Waals surface area contributed by atoms with Crippen LogP contribution in [0.4, 0.5) is 4.39 Å². The number of nitrogens with zero attached hydrogens (tertiary/aromatic N) is 3. The molecule has 0 aliphatic heterocycles. The summed E-state index contributed by atoms with van der Waals surface area (Å²) >= 11 is 6.16. The third-order valence-electron chi connectivity index (χ3n) is 4.22. The number of benzene rings is 2. The first-order valence-corrected chi connectivity index (χ1v) is 9.57. The van der Waals surface area contributed by atoms with Gasteiger partial charge in [0.05, 0.1) is 30.2 Å². The topological polar surface area (TPSA) is 68.5 Å². The molecule has 0 unspecified atom stereocenters. The molecule has 0 saturated carbocycles. The van der Waals surface area contributed by atoms with Gasteiger partial charge in [-0.2, -0.15) is 0 Å². The highest BCUT2D eigenvalue weighted by molar-refractivity contribution is 6.33. The van der Waals surface area contributed by atoms with Crippen molar-refractivity contribution < 1.29 is 18.3 Å². The lowest BCUT2D eigenvalue weighted by atomic mass is 10.2. The summed E-state index contributed by atoms with van der Waals surface area (Å²) in [6.07, 6.45) is 0.168. The number of carbonyl (C=O) groups excluding carboxylic acids is 1. The number of amides is 1. The highest BCUT2D eigenvalue weighted by Gasteiger charge is 2.21. The standard InChI is InChI=1S/C21H21ClFN3O3/c1-14(2)26(20(27)11-12-28-16-9-7-15(23)8-10-16)13-19-24-25-21(29-19)17-5-3-4-6-18(17)22/h3-10,14H,11-13H2,1-2H3. The Labute approximate surface area is 173 Å². The predicted molar refractivity (Wildman–Crippen MR) is 107 cm³/mol. The zero-order valence-electron chi connectivity index (χ0n) is 16.1. The van der Waals surface area contributed by atoms with Gasteiger partial charge in [0.15, 0.2) is 0 Å². The molecular weight excluding hydrogens is 397 g/mol. The molecule has 152 valence electrons. The molecule has 3 rings (SSSR count). The average molecular weight is 418 g/mol. The number of hydrogen-bond donors (Lipinski definition) is 0. The number of halogens is 2. The van der Waals surface area contributed by atoms with Crippen molar-refractivity contribution in [1.82, 2.24) is 15.1 Å². The maximum absolute atomic E-state index is 12.9. The molecule has 1 aromatic heterocycles. The van der Waals surface area contributed by atoms with Crippen molar-refractivity contribution in [3.05, 3.63) is 65.3 Å². The normalized spacial score (nSPS) is 10.9. The number of rotatable bonds is 8. The predicted octanol–water partition coefficient (Wildman–Crippen LogP) is 4.74. The smallest absolute Gasteiger partial charge is 0.249 e. The van der Waals surface area contributed by atoms with Gasteiger partial charge in [-0.25, -0.2) is 4.39 Å². The Hall–Kier alpha value is -2.93. The summed E-state index contributed by atoms with van der Waals surface area (Å²) in [5, 5.41) is 8.58. The van der Waals surface area contributed by atoms with Gasteiger partial charge in [0, 0.05) is 6.04 Å². The zero-order valence-corrected chi connectivity index (χ0v) is 16.9. The van der Waals surface area contributed by atoms with Gasteiger partial charge in [0.1, 0.15) is 11.6 Å². The Balaban J connectivity index is 1.60. The Morgan fingerprint density at radius 3 is 2.59 bits per heavy atom. The number of ether oxygens (including phenoxy) is 1. The fraction of sp³-hybridized carbons (Fsp3) is 0.286. The Bertz CT molecular complexity index is 960. The van der Waals surface area contributed by atoms with Crippen molar-refractivity contribution >= 4 is 17.5 Å². The largest absolute Gasteiger partial charge is 0.493 e. The molecule has 2 aromatic carbocycles. The summed E-state index contributed by atoms with van der Waals surface area (Å²) < 4.78 is 24.1. The number of carbonyl (C=O) groups is 1. The van der Waals surface area contributed by atoms with E-state index in [0.717, 1.165) is 0 Å². The van der Waals surface area contributed by atoms with E-state index in [2.05, 4.69) is 10.2 Å². The molecule has 0 aliphatic carbocycles. The quantitative estimate of drug-likeness (QED) is 0.529. The van der Waals surface area contributed by atoms with Crippen LogP contribution in [0.2, 0.25) is 5.02 Å². The van der Waals surface area contributed by atoms with Gasteiger partial charge >= 0.3 is 0 Å². The molecule has 0 N–H and O–H groups in total. The van der Waals surface area contributed by atoms with Crippen LogP contribution in [0.5, 0.6) is 5.75 Å². The third kappa shape index (κ3) is 5.54. The zero-order chi connectivity index (χ0) is 20.8. The lowest BCUT2D eigenvalue weighted by Gasteiger charge is -2.25. The first-order valence-electron chi connectivity index (χ1n) is 9.19. The molecule has 0 aliphatic rings. The summed E-state index contributed by atoms with van der Waals surface area (Å²) in [4.78, 5) is 14.3. The van der Waals surface area contributed by atoms with Crippen LogP contribution in [0, 0.1) is 5.82 Å². The van der Waals surface area contributed by atoms with Crippen molar-refractivity contribution in [2.75, 3.05) is 6.61 Å². The fourth-order valence-electron chi connectivity index (χ4n) is 2.70. The summed E-state index contributed by atoms with van der Waals surface area (Å²) in [5.41, 5.74) is 0.642. The molecule has 6 nitrogen and oxygen atoms in total. The van der Waals surface area contributed by atoms with Gasteiger partial charge in [0.2, 0.25) is 17.7 Å². The van der Waals surface area contributed by atoms with Crippen LogP contribution in [-0.4, -0.2) is 33.7 Å². The molecule has 0 saturated heterocycles. The molecule has 29 heavy (non-hydrogen) atoms. The number of hydrogen-bond acceptors (Lipinski definition) is 5. The maximum Gasteiger partial charge on any atom is 0.249 e. The first-order chi connectivity index (χ1) is 13.9. The van der Waals surface area contributed by atoms with Gasteiger partial charge in [-0.15, -0.1) is 10.2 Å². The van der Waals surface area contributed by atoms with Crippen molar-refractivity contribution in [1.29, 1.82) is 0 Å². The second-order valence-electron chi connectivity index (χ2n) is 6.65. The highest BCUT2D eigenvalue weighted by atomic mass is 35.5. The van der Waals surface area contributed by atoms with Gasteiger partial charge in [-0.3, -0.25) is 4.79 Å². The van der Waals surface area contributed by atoms with Crippen LogP contribution in [-0.2, 0) is 11.3 Å². The lowest BCUT2D eigenvalue weighted by molar-refractivity contribution is -0.134. The molecule has 0 fully saturated rings. The van der Waals surface area contributed by atoms with E-state index in [0.29, 0.717) is 28.1 Å². The Morgan fingerprint density at radius 2 is 1.90 bits per heavy atom. The third-order valence-corrected chi connectivity index (χ3v) is 4.55. The average Bonchev–Trinajstić information content (AvgIpc) is 3.16. The van der Waals surface area contributed by atoms with E-state index in [-0.39, 0.29) is 37.3 Å². The molecule has 1 heterocycles. The van der Waals surface area contributed by atoms with Gasteiger partial charge < -0.3 is 14.1 Å². The van der Waals surface area contributed by atoms with Crippen LogP contribution in [0.3, 0.4) is 0 Å². The minimum atomic E-state index is -0.338. The van der Waals surface area contributed by atoms with Crippen LogP contribution >= 0.6 is 11.6 Å². The van der Waals surface area contributed by atoms with E-state index in [9.17, 15) is 9.18 Å². The Morgan fingerprint density at radius 1 is 1.17 bits per heavy atom. The van der Waals surface area contributed by atoms with E-state index >= 15 is 0 Å². The molecule has 1 amide bonds. The lowest BCUT2D eigenvalue weighted by Crippen LogP contribution is -2.37. The minimum absolute atomic E-state index is 0.0658. The van der Waals surface area contributed by atoms with Gasteiger partial charge in [-0.1, -0.05) is 23.7 Å². The van der Waals surface area contributed by atoms with Crippen LogP contribution in [0.25, 0.3) is 11.5 Å². The first kappa shape index (κ1) is 20.8. The molecule has 0 atom stereocenters. The Kier molecular flexibility index (Phi) is 6.82. The van der Waals surface area contributed by atoms with Crippen molar-refractivity contribution in [2.24, 2.45) is 0 Å². The molecule has 0 spiro atoms. The van der Waals surface area contributed by atoms with Crippen LogP contribution in [0.15, 0.2) is 52.9 Å². The number of aromatic nitrogens is 2. The molecular formula is C21H21ClFN3O3. The van der Waals surface area contributed by atoms with E-state index in [1.165, 1.54) is 24.3 Å².